The number of aryl methyl sites for hydroxylation is 1. The molecule has 1 aromatic heterocycles. The molecule has 0 saturated heterocycles. The highest BCUT2D eigenvalue weighted by molar-refractivity contribution is 5.80. The van der Waals surface area contributed by atoms with Gasteiger partial charge in [0.1, 0.15) is 11.3 Å². The van der Waals surface area contributed by atoms with Gasteiger partial charge in [-0.25, -0.2) is 4.52 Å². The van der Waals surface area contributed by atoms with Gasteiger partial charge in [-0.2, -0.15) is 0 Å². The molecule has 0 aliphatic heterocycles. The molecule has 4 heteroatoms. The van der Waals surface area contributed by atoms with Crippen LogP contribution in [0.4, 0.5) is 0 Å². The van der Waals surface area contributed by atoms with E-state index in [2.05, 4.69) is 17.3 Å². The first-order chi connectivity index (χ1) is 11.3. The third kappa shape index (κ3) is 3.43. The van der Waals surface area contributed by atoms with Crippen LogP contribution >= 0.6 is 0 Å². The van der Waals surface area contributed by atoms with Crippen molar-refractivity contribution in [2.24, 2.45) is 0 Å². The molecular formula is C19H20NO3+. The minimum absolute atomic E-state index is 0.141. The highest BCUT2D eigenvalue weighted by Gasteiger charge is 2.22. The number of aliphatic hydroxyl groups excluding tert-OH is 1. The van der Waals surface area contributed by atoms with Gasteiger partial charge < -0.3 is 9.84 Å². The molecule has 1 heterocycles. The van der Waals surface area contributed by atoms with E-state index in [-0.39, 0.29) is 6.61 Å². The molecule has 118 valence electrons. The molecular weight excluding hydrogens is 290 g/mol. The summed E-state index contributed by atoms with van der Waals surface area (Å²) in [6, 6.07) is 18.0. The van der Waals surface area contributed by atoms with E-state index < -0.39 is 0 Å². The number of ether oxygens (including phenoxy) is 1. The van der Waals surface area contributed by atoms with E-state index in [1.165, 1.54) is 0 Å². The lowest BCUT2D eigenvalue weighted by atomic mass is 9.99. The maximum absolute atomic E-state index is 8.79. The summed E-state index contributed by atoms with van der Waals surface area (Å²) in [4.78, 5) is 0. The van der Waals surface area contributed by atoms with Gasteiger partial charge in [-0.3, -0.25) is 0 Å². The molecule has 4 nitrogen and oxygen atoms in total. The molecule has 0 spiro atoms. The molecule has 0 saturated carbocycles. The number of H-pyrrole nitrogens is 1. The van der Waals surface area contributed by atoms with Crippen LogP contribution < -0.4 is 9.89 Å². The van der Waals surface area contributed by atoms with E-state index in [1.54, 1.807) is 0 Å². The van der Waals surface area contributed by atoms with Crippen LogP contribution in [0.5, 0.6) is 5.75 Å². The van der Waals surface area contributed by atoms with Crippen molar-refractivity contribution in [2.45, 2.75) is 13.3 Å². The fraction of sp³-hybridized carbons (Fsp3) is 0.211. The normalized spacial score (nSPS) is 10.7. The molecule has 0 fully saturated rings. The Morgan fingerprint density at radius 3 is 2.43 bits per heavy atom. The second-order valence-corrected chi connectivity index (χ2v) is 5.33. The monoisotopic (exact) mass is 310 g/mol. The number of benzene rings is 2. The zero-order chi connectivity index (χ0) is 16.1. The van der Waals surface area contributed by atoms with Crippen LogP contribution in [0, 0.1) is 6.92 Å². The van der Waals surface area contributed by atoms with E-state index in [1.807, 2.05) is 49.4 Å². The van der Waals surface area contributed by atoms with Gasteiger partial charge in [0.25, 0.3) is 5.69 Å². The van der Waals surface area contributed by atoms with Crippen LogP contribution in [-0.2, 0) is 0 Å². The van der Waals surface area contributed by atoms with Crippen molar-refractivity contribution in [3.05, 3.63) is 60.4 Å². The Hall–Kier alpha value is -2.59. The summed E-state index contributed by atoms with van der Waals surface area (Å²) in [5.41, 5.74) is 4.18. The Morgan fingerprint density at radius 2 is 1.74 bits per heavy atom. The van der Waals surface area contributed by atoms with E-state index in [0.29, 0.717) is 13.0 Å². The van der Waals surface area contributed by atoms with Crippen molar-refractivity contribution in [3.8, 4) is 28.1 Å². The summed E-state index contributed by atoms with van der Waals surface area (Å²) < 4.78 is 11.1. The maximum Gasteiger partial charge on any atom is 0.267 e. The SMILES string of the molecule is Cc1o[nH+]c(-c2ccccc2)c1-c1ccc(OCCCO)cc1. The summed E-state index contributed by atoms with van der Waals surface area (Å²) in [5.74, 6) is 1.64. The van der Waals surface area contributed by atoms with Crippen LogP contribution in [0.25, 0.3) is 22.4 Å². The van der Waals surface area contributed by atoms with Crippen LogP contribution in [0.3, 0.4) is 0 Å². The number of rotatable bonds is 6. The molecule has 0 aliphatic rings. The summed E-state index contributed by atoms with van der Waals surface area (Å²) in [5, 5.41) is 11.8. The summed E-state index contributed by atoms with van der Waals surface area (Å²) >= 11 is 0. The average molecular weight is 310 g/mol. The van der Waals surface area contributed by atoms with Crippen LogP contribution in [-0.4, -0.2) is 18.3 Å². The third-order valence-electron chi connectivity index (χ3n) is 3.68. The molecule has 0 aliphatic carbocycles. The zero-order valence-electron chi connectivity index (χ0n) is 13.1. The molecule has 0 radical (unpaired) electrons. The number of aromatic nitrogens is 1. The number of nitrogens with one attached hydrogen (secondary N) is 1. The molecule has 0 amide bonds. The van der Waals surface area contributed by atoms with Gasteiger partial charge in [0.05, 0.1) is 12.2 Å². The first-order valence-electron chi connectivity index (χ1n) is 7.70. The Kier molecular flexibility index (Phi) is 4.74. The van der Waals surface area contributed by atoms with Crippen molar-refractivity contribution in [2.75, 3.05) is 13.2 Å². The van der Waals surface area contributed by atoms with Crippen LogP contribution in [0.15, 0.2) is 59.1 Å². The Labute approximate surface area is 135 Å². The van der Waals surface area contributed by atoms with Gasteiger partial charge >= 0.3 is 0 Å². The minimum atomic E-state index is 0.141. The van der Waals surface area contributed by atoms with Gasteiger partial charge in [0.15, 0.2) is 5.76 Å². The minimum Gasteiger partial charge on any atom is -0.494 e. The number of aromatic amines is 1. The molecule has 0 bridgehead atoms. The summed E-state index contributed by atoms with van der Waals surface area (Å²) in [6.45, 7) is 2.61. The zero-order valence-corrected chi connectivity index (χ0v) is 13.1. The van der Waals surface area contributed by atoms with Crippen molar-refractivity contribution >= 4 is 0 Å². The second kappa shape index (κ2) is 7.11. The lowest BCUT2D eigenvalue weighted by molar-refractivity contribution is -0.600. The predicted octanol–water partition coefficient (Wildman–Crippen LogP) is 3.50. The lowest BCUT2D eigenvalue weighted by Crippen LogP contribution is -2.00. The van der Waals surface area contributed by atoms with Crippen molar-refractivity contribution in [1.82, 2.24) is 0 Å². The van der Waals surface area contributed by atoms with Gasteiger partial charge in [0.2, 0.25) is 0 Å². The summed E-state index contributed by atoms with van der Waals surface area (Å²) in [6.07, 6.45) is 0.635. The lowest BCUT2D eigenvalue weighted by Gasteiger charge is -2.06. The van der Waals surface area contributed by atoms with E-state index >= 15 is 0 Å². The maximum atomic E-state index is 8.79. The highest BCUT2D eigenvalue weighted by atomic mass is 16.5. The van der Waals surface area contributed by atoms with Crippen LogP contribution in [0.2, 0.25) is 0 Å². The first kappa shape index (κ1) is 15.3. The molecule has 0 atom stereocenters. The quantitative estimate of drug-likeness (QED) is 0.709. The van der Waals surface area contributed by atoms with E-state index in [9.17, 15) is 0 Å². The van der Waals surface area contributed by atoms with Crippen molar-refractivity contribution in [3.63, 3.8) is 0 Å². The van der Waals surface area contributed by atoms with E-state index in [0.717, 1.165) is 33.9 Å². The van der Waals surface area contributed by atoms with Gasteiger partial charge in [-0.15, -0.1) is 0 Å². The standard InChI is InChI=1S/C19H19NO3/c1-14-18(19(20-23-14)16-6-3-2-4-7-16)15-8-10-17(11-9-15)22-13-5-12-21/h2-4,6-11,21H,5,12-13H2,1H3/p+1. The fourth-order valence-electron chi connectivity index (χ4n) is 2.53. The first-order valence-corrected chi connectivity index (χ1v) is 7.70. The summed E-state index contributed by atoms with van der Waals surface area (Å²) in [7, 11) is 0. The fourth-order valence-corrected chi connectivity index (χ4v) is 2.53. The molecule has 2 aromatic carbocycles. The van der Waals surface area contributed by atoms with Crippen LogP contribution in [0.1, 0.15) is 12.2 Å². The average Bonchev–Trinajstić information content (AvgIpc) is 2.98. The van der Waals surface area contributed by atoms with E-state index in [4.69, 9.17) is 14.4 Å². The molecule has 3 aromatic rings. The number of aliphatic hydroxyl groups is 1. The predicted molar refractivity (Wildman–Crippen MR) is 88.1 cm³/mol. The second-order valence-electron chi connectivity index (χ2n) is 5.33. The Bertz CT molecular complexity index is 748. The highest BCUT2D eigenvalue weighted by Crippen LogP contribution is 2.32. The van der Waals surface area contributed by atoms with Gasteiger partial charge in [0, 0.05) is 20.0 Å². The molecule has 0 unspecified atom stereocenters. The van der Waals surface area contributed by atoms with Crippen molar-refractivity contribution in [1.29, 1.82) is 0 Å². The Morgan fingerprint density at radius 1 is 1.00 bits per heavy atom. The Balaban J connectivity index is 1.89. The van der Waals surface area contributed by atoms with Gasteiger partial charge in [-0.1, -0.05) is 30.3 Å². The smallest absolute Gasteiger partial charge is 0.267 e. The topological polar surface area (TPSA) is 56.7 Å². The third-order valence-corrected chi connectivity index (χ3v) is 3.68. The largest absolute Gasteiger partial charge is 0.494 e. The van der Waals surface area contributed by atoms with Crippen molar-refractivity contribution < 1.29 is 19.5 Å². The molecule has 23 heavy (non-hydrogen) atoms. The number of hydrogen-bond acceptors (Lipinski definition) is 3. The molecule has 2 N–H and O–H groups in total. The molecule has 3 rings (SSSR count). The van der Waals surface area contributed by atoms with Gasteiger partial charge in [-0.05, 0) is 35.0 Å². The number of hydrogen-bond donors (Lipinski definition) is 1.